The van der Waals surface area contributed by atoms with E-state index in [0.29, 0.717) is 34.1 Å². The molecule has 1 aliphatic rings. The Kier molecular flexibility index (Phi) is 4.89. The van der Waals surface area contributed by atoms with Gasteiger partial charge in [-0.25, -0.2) is 0 Å². The van der Waals surface area contributed by atoms with Gasteiger partial charge in [-0.05, 0) is 61.6 Å². The van der Waals surface area contributed by atoms with Crippen molar-refractivity contribution in [1.82, 2.24) is 4.98 Å². The van der Waals surface area contributed by atoms with E-state index < -0.39 is 0 Å². The van der Waals surface area contributed by atoms with E-state index in [0.717, 1.165) is 0 Å². The number of rotatable bonds is 5. The molecule has 5 heteroatoms. The zero-order valence-corrected chi connectivity index (χ0v) is 15.6. The smallest absolute Gasteiger partial charge is 0.255 e. The normalized spacial score (nSPS) is 13.0. The minimum Gasteiger partial charge on any atom is -0.321 e. The van der Waals surface area contributed by atoms with Crippen molar-refractivity contribution in [1.29, 1.82) is 0 Å². The molecule has 28 heavy (non-hydrogen) atoms. The molecule has 0 aliphatic heterocycles. The van der Waals surface area contributed by atoms with E-state index >= 15 is 0 Å². The van der Waals surface area contributed by atoms with Crippen LogP contribution >= 0.6 is 0 Å². The van der Waals surface area contributed by atoms with Crippen LogP contribution in [0.15, 0.2) is 66.9 Å². The van der Waals surface area contributed by atoms with Gasteiger partial charge in [0.15, 0.2) is 0 Å². The van der Waals surface area contributed by atoms with Crippen molar-refractivity contribution in [3.05, 3.63) is 89.2 Å². The SMILES string of the molecule is Cc1ncc(NC(=O)c2cccc(C3CC3)c2)cc1NC(=O)c1ccccc1. The van der Waals surface area contributed by atoms with Gasteiger partial charge in [0.25, 0.3) is 11.8 Å². The van der Waals surface area contributed by atoms with Gasteiger partial charge in [0, 0.05) is 11.1 Å². The average Bonchev–Trinajstić information content (AvgIpc) is 3.56. The summed E-state index contributed by atoms with van der Waals surface area (Å²) >= 11 is 0. The summed E-state index contributed by atoms with van der Waals surface area (Å²) in [6, 6.07) is 18.4. The number of carbonyl (C=O) groups is 2. The molecule has 2 aromatic carbocycles. The molecule has 0 spiro atoms. The van der Waals surface area contributed by atoms with Gasteiger partial charge in [0.1, 0.15) is 0 Å². The zero-order valence-electron chi connectivity index (χ0n) is 15.6. The molecule has 1 aliphatic carbocycles. The van der Waals surface area contributed by atoms with Crippen molar-refractivity contribution in [3.8, 4) is 0 Å². The van der Waals surface area contributed by atoms with Crippen LogP contribution in [0.5, 0.6) is 0 Å². The van der Waals surface area contributed by atoms with E-state index in [1.165, 1.54) is 18.4 Å². The number of nitrogens with zero attached hydrogens (tertiary/aromatic N) is 1. The van der Waals surface area contributed by atoms with Crippen molar-refractivity contribution < 1.29 is 9.59 Å². The number of carbonyl (C=O) groups excluding carboxylic acids is 2. The molecular weight excluding hydrogens is 350 g/mol. The number of anilines is 2. The Morgan fingerprint density at radius 2 is 1.61 bits per heavy atom. The number of pyridine rings is 1. The minimum atomic E-state index is -0.217. The molecule has 0 bridgehead atoms. The second-order valence-corrected chi connectivity index (χ2v) is 7.03. The van der Waals surface area contributed by atoms with Gasteiger partial charge in [-0.3, -0.25) is 14.6 Å². The summed E-state index contributed by atoms with van der Waals surface area (Å²) in [5, 5.41) is 5.73. The predicted octanol–water partition coefficient (Wildman–Crippen LogP) is 4.77. The maximum Gasteiger partial charge on any atom is 0.255 e. The van der Waals surface area contributed by atoms with E-state index in [4.69, 9.17) is 0 Å². The topological polar surface area (TPSA) is 71.1 Å². The molecule has 5 nitrogen and oxygen atoms in total. The Labute approximate surface area is 163 Å². The van der Waals surface area contributed by atoms with Gasteiger partial charge in [-0.2, -0.15) is 0 Å². The standard InChI is InChI=1S/C23H21N3O2/c1-15-21(26-22(27)17-6-3-2-4-7-17)13-20(14-24-15)25-23(28)19-9-5-8-18(12-19)16-10-11-16/h2-9,12-14,16H,10-11H2,1H3,(H,25,28)(H,26,27). The van der Waals surface area contributed by atoms with Crippen LogP contribution in [0.3, 0.4) is 0 Å². The van der Waals surface area contributed by atoms with Crippen LogP contribution in [-0.2, 0) is 0 Å². The molecule has 1 heterocycles. The fraction of sp³-hybridized carbons (Fsp3) is 0.174. The summed E-state index contributed by atoms with van der Waals surface area (Å²) in [6.07, 6.45) is 3.98. The lowest BCUT2D eigenvalue weighted by molar-refractivity contribution is 0.101. The maximum absolute atomic E-state index is 12.6. The van der Waals surface area contributed by atoms with Crippen molar-refractivity contribution in [2.75, 3.05) is 10.6 Å². The van der Waals surface area contributed by atoms with E-state index in [1.807, 2.05) is 37.3 Å². The van der Waals surface area contributed by atoms with Crippen molar-refractivity contribution in [2.45, 2.75) is 25.7 Å². The molecule has 0 unspecified atom stereocenters. The third kappa shape index (κ3) is 4.09. The van der Waals surface area contributed by atoms with Gasteiger partial charge in [-0.15, -0.1) is 0 Å². The molecule has 140 valence electrons. The first-order valence-corrected chi connectivity index (χ1v) is 9.34. The minimum absolute atomic E-state index is 0.187. The Hall–Kier alpha value is -3.47. The zero-order chi connectivity index (χ0) is 19.5. The first-order valence-electron chi connectivity index (χ1n) is 9.34. The van der Waals surface area contributed by atoms with Crippen molar-refractivity contribution in [3.63, 3.8) is 0 Å². The highest BCUT2D eigenvalue weighted by Gasteiger charge is 2.24. The molecule has 1 aromatic heterocycles. The van der Waals surface area contributed by atoms with Crippen molar-refractivity contribution >= 4 is 23.2 Å². The summed E-state index contributed by atoms with van der Waals surface area (Å²) in [5.41, 5.74) is 4.19. The molecule has 2 amide bonds. The molecule has 0 atom stereocenters. The Morgan fingerprint density at radius 1 is 0.893 bits per heavy atom. The quantitative estimate of drug-likeness (QED) is 0.678. The first kappa shape index (κ1) is 17.9. The number of aromatic nitrogens is 1. The molecule has 2 N–H and O–H groups in total. The van der Waals surface area contributed by atoms with Crippen molar-refractivity contribution in [2.24, 2.45) is 0 Å². The second-order valence-electron chi connectivity index (χ2n) is 7.03. The van der Waals surface area contributed by atoms with Crippen LogP contribution in [-0.4, -0.2) is 16.8 Å². The number of amides is 2. The Bertz CT molecular complexity index is 1030. The number of benzene rings is 2. The number of aryl methyl sites for hydroxylation is 1. The lowest BCUT2D eigenvalue weighted by Gasteiger charge is -2.11. The largest absolute Gasteiger partial charge is 0.321 e. The van der Waals surface area contributed by atoms with Crippen LogP contribution in [0, 0.1) is 6.92 Å². The number of nitrogens with one attached hydrogen (secondary N) is 2. The molecule has 0 saturated heterocycles. The summed E-state index contributed by atoms with van der Waals surface area (Å²) in [6.45, 7) is 1.81. The number of hydrogen-bond donors (Lipinski definition) is 2. The maximum atomic E-state index is 12.6. The third-order valence-corrected chi connectivity index (χ3v) is 4.83. The molecule has 4 rings (SSSR count). The van der Waals surface area contributed by atoms with Gasteiger partial charge in [0.05, 0.1) is 23.3 Å². The fourth-order valence-corrected chi connectivity index (χ4v) is 3.07. The van der Waals surface area contributed by atoms with Gasteiger partial charge >= 0.3 is 0 Å². The lowest BCUT2D eigenvalue weighted by atomic mass is 10.1. The summed E-state index contributed by atoms with van der Waals surface area (Å²) in [4.78, 5) is 29.3. The van der Waals surface area contributed by atoms with E-state index in [-0.39, 0.29) is 11.8 Å². The summed E-state index contributed by atoms with van der Waals surface area (Å²) in [5.74, 6) is 0.188. The Balaban J connectivity index is 1.49. The van der Waals surface area contributed by atoms with Crippen LogP contribution < -0.4 is 10.6 Å². The first-order chi connectivity index (χ1) is 13.6. The van der Waals surface area contributed by atoms with E-state index in [1.54, 1.807) is 30.5 Å². The highest BCUT2D eigenvalue weighted by atomic mass is 16.2. The molecular formula is C23H21N3O2. The Morgan fingerprint density at radius 3 is 2.36 bits per heavy atom. The van der Waals surface area contributed by atoms with Crippen LogP contribution in [0.25, 0.3) is 0 Å². The van der Waals surface area contributed by atoms with Crippen LogP contribution in [0.4, 0.5) is 11.4 Å². The van der Waals surface area contributed by atoms with E-state index in [9.17, 15) is 9.59 Å². The predicted molar refractivity (Wildman–Crippen MR) is 110 cm³/mol. The van der Waals surface area contributed by atoms with Gasteiger partial charge in [0.2, 0.25) is 0 Å². The van der Waals surface area contributed by atoms with Crippen LogP contribution in [0.1, 0.15) is 50.7 Å². The third-order valence-electron chi connectivity index (χ3n) is 4.83. The number of hydrogen-bond acceptors (Lipinski definition) is 3. The fourth-order valence-electron chi connectivity index (χ4n) is 3.07. The monoisotopic (exact) mass is 371 g/mol. The highest BCUT2D eigenvalue weighted by Crippen LogP contribution is 2.40. The molecule has 3 aromatic rings. The summed E-state index contributed by atoms with van der Waals surface area (Å²) < 4.78 is 0. The summed E-state index contributed by atoms with van der Waals surface area (Å²) in [7, 11) is 0. The van der Waals surface area contributed by atoms with Gasteiger partial charge in [-0.1, -0.05) is 30.3 Å². The molecule has 1 fully saturated rings. The van der Waals surface area contributed by atoms with Crippen LogP contribution in [0.2, 0.25) is 0 Å². The van der Waals surface area contributed by atoms with E-state index in [2.05, 4.69) is 21.7 Å². The lowest BCUT2D eigenvalue weighted by Crippen LogP contribution is -2.15. The average molecular weight is 371 g/mol. The van der Waals surface area contributed by atoms with Gasteiger partial charge < -0.3 is 10.6 Å². The molecule has 1 saturated carbocycles. The highest BCUT2D eigenvalue weighted by molar-refractivity contribution is 6.06. The second kappa shape index (κ2) is 7.64. The molecule has 0 radical (unpaired) electrons.